The second kappa shape index (κ2) is 6.02. The zero-order valence-corrected chi connectivity index (χ0v) is 12.1. The molecule has 0 aliphatic heterocycles. The number of hydrogen-bond donors (Lipinski definition) is 1. The van der Waals surface area contributed by atoms with Crippen molar-refractivity contribution in [3.05, 3.63) is 58.3 Å². The smallest absolute Gasteiger partial charge is 0.222 e. The topological polar surface area (TPSA) is 55.6 Å². The Balaban J connectivity index is 1.76. The second-order valence-electron chi connectivity index (χ2n) is 4.16. The van der Waals surface area contributed by atoms with Crippen LogP contribution in [-0.2, 0) is 0 Å². The lowest BCUT2D eigenvalue weighted by atomic mass is 10.1. The van der Waals surface area contributed by atoms with Crippen molar-refractivity contribution in [1.82, 2.24) is 19.7 Å². The Kier molecular flexibility index (Phi) is 3.94. The predicted molar refractivity (Wildman–Crippen MR) is 80.2 cm³/mol. The normalized spacial score (nSPS) is 12.2. The molecular formula is C13H12ClN5S. The third kappa shape index (κ3) is 2.97. The van der Waals surface area contributed by atoms with Crippen LogP contribution in [0.15, 0.2) is 47.7 Å². The number of anilines is 1. The molecule has 0 bridgehead atoms. The summed E-state index contributed by atoms with van der Waals surface area (Å²) in [5, 5.41) is 12.2. The van der Waals surface area contributed by atoms with Crippen LogP contribution in [0.1, 0.15) is 11.6 Å². The fraction of sp³-hybridized carbons (Fsp3) is 0.154. The van der Waals surface area contributed by atoms with E-state index >= 15 is 0 Å². The molecule has 3 aromatic heterocycles. The van der Waals surface area contributed by atoms with Crippen LogP contribution in [-0.4, -0.2) is 26.3 Å². The molecule has 0 aromatic carbocycles. The molecule has 3 rings (SSSR count). The molecule has 0 amide bonds. The Hall–Kier alpha value is -1.92. The van der Waals surface area contributed by atoms with Crippen molar-refractivity contribution in [2.75, 3.05) is 11.9 Å². The Morgan fingerprint density at radius 1 is 1.35 bits per heavy atom. The van der Waals surface area contributed by atoms with E-state index in [-0.39, 0.29) is 6.04 Å². The van der Waals surface area contributed by atoms with Gasteiger partial charge in [0.05, 0.1) is 23.5 Å². The van der Waals surface area contributed by atoms with Crippen LogP contribution < -0.4 is 5.32 Å². The summed E-state index contributed by atoms with van der Waals surface area (Å²) in [4.78, 5) is 8.26. The summed E-state index contributed by atoms with van der Waals surface area (Å²) in [5.41, 5.74) is 1.21. The molecule has 5 nitrogen and oxygen atoms in total. The van der Waals surface area contributed by atoms with Crippen molar-refractivity contribution in [1.29, 1.82) is 0 Å². The van der Waals surface area contributed by atoms with E-state index in [1.165, 1.54) is 5.56 Å². The first-order chi connectivity index (χ1) is 9.83. The minimum atomic E-state index is 0.107. The molecule has 1 unspecified atom stereocenters. The molecule has 0 saturated carbocycles. The zero-order chi connectivity index (χ0) is 13.8. The van der Waals surface area contributed by atoms with Gasteiger partial charge in [0.2, 0.25) is 5.95 Å². The number of nitrogens with one attached hydrogen (secondary N) is 1. The van der Waals surface area contributed by atoms with Gasteiger partial charge in [-0.1, -0.05) is 11.6 Å². The molecule has 0 aliphatic carbocycles. The van der Waals surface area contributed by atoms with Crippen molar-refractivity contribution < 1.29 is 0 Å². The lowest BCUT2D eigenvalue weighted by Crippen LogP contribution is -2.21. The van der Waals surface area contributed by atoms with Crippen LogP contribution >= 0.6 is 22.9 Å². The van der Waals surface area contributed by atoms with Gasteiger partial charge in [0.1, 0.15) is 0 Å². The van der Waals surface area contributed by atoms with Gasteiger partial charge in [0, 0.05) is 18.9 Å². The highest BCUT2D eigenvalue weighted by molar-refractivity contribution is 7.07. The van der Waals surface area contributed by atoms with E-state index in [4.69, 9.17) is 11.6 Å². The molecule has 3 aromatic rings. The van der Waals surface area contributed by atoms with Crippen LogP contribution in [0.25, 0.3) is 0 Å². The quantitative estimate of drug-likeness (QED) is 0.787. The van der Waals surface area contributed by atoms with Gasteiger partial charge in [0.15, 0.2) is 0 Å². The molecule has 20 heavy (non-hydrogen) atoms. The lowest BCUT2D eigenvalue weighted by molar-refractivity contribution is 0.544. The van der Waals surface area contributed by atoms with Crippen LogP contribution in [0.4, 0.5) is 5.95 Å². The zero-order valence-electron chi connectivity index (χ0n) is 10.5. The third-order valence-corrected chi connectivity index (χ3v) is 3.74. The Morgan fingerprint density at radius 2 is 2.20 bits per heavy atom. The van der Waals surface area contributed by atoms with Gasteiger partial charge in [-0.3, -0.25) is 4.68 Å². The van der Waals surface area contributed by atoms with Gasteiger partial charge in [-0.15, -0.1) is 0 Å². The third-order valence-electron chi connectivity index (χ3n) is 2.85. The molecule has 3 heterocycles. The molecule has 1 atom stereocenters. The Morgan fingerprint density at radius 3 is 2.85 bits per heavy atom. The number of hydrogen-bond acceptors (Lipinski definition) is 5. The van der Waals surface area contributed by atoms with Crippen LogP contribution in [0.3, 0.4) is 0 Å². The summed E-state index contributed by atoms with van der Waals surface area (Å²) in [6, 6.07) is 4.12. The maximum absolute atomic E-state index is 5.77. The van der Waals surface area contributed by atoms with E-state index in [0.717, 1.165) is 0 Å². The molecule has 1 N–H and O–H groups in total. The first-order valence-electron chi connectivity index (χ1n) is 6.05. The number of nitrogens with zero attached hydrogens (tertiary/aromatic N) is 4. The molecule has 0 radical (unpaired) electrons. The number of rotatable bonds is 5. The maximum atomic E-state index is 5.77. The number of halogens is 1. The van der Waals surface area contributed by atoms with Gasteiger partial charge >= 0.3 is 0 Å². The first-order valence-corrected chi connectivity index (χ1v) is 7.37. The van der Waals surface area contributed by atoms with Gasteiger partial charge in [-0.05, 0) is 28.5 Å². The van der Waals surface area contributed by atoms with Crippen molar-refractivity contribution in [3.8, 4) is 0 Å². The maximum Gasteiger partial charge on any atom is 0.222 e. The number of thiophene rings is 1. The molecular weight excluding hydrogens is 294 g/mol. The lowest BCUT2D eigenvalue weighted by Gasteiger charge is -2.17. The van der Waals surface area contributed by atoms with Gasteiger partial charge in [-0.2, -0.15) is 16.4 Å². The molecule has 0 spiro atoms. The van der Waals surface area contributed by atoms with Crippen molar-refractivity contribution >= 4 is 28.9 Å². The highest BCUT2D eigenvalue weighted by Crippen LogP contribution is 2.20. The monoisotopic (exact) mass is 305 g/mol. The summed E-state index contributed by atoms with van der Waals surface area (Å²) in [6.45, 7) is 0.653. The summed E-state index contributed by atoms with van der Waals surface area (Å²) in [7, 11) is 0. The molecule has 102 valence electrons. The van der Waals surface area contributed by atoms with E-state index in [1.807, 2.05) is 16.9 Å². The average molecular weight is 306 g/mol. The van der Waals surface area contributed by atoms with Gasteiger partial charge in [0.25, 0.3) is 0 Å². The summed E-state index contributed by atoms with van der Waals surface area (Å²) < 4.78 is 1.92. The molecule has 0 fully saturated rings. The Bertz CT molecular complexity index is 602. The van der Waals surface area contributed by atoms with Crippen LogP contribution in [0, 0.1) is 0 Å². The van der Waals surface area contributed by atoms with E-state index in [2.05, 4.69) is 37.2 Å². The summed E-state index contributed by atoms with van der Waals surface area (Å²) in [5.74, 6) is 0.557. The fourth-order valence-electron chi connectivity index (χ4n) is 1.89. The molecule has 7 heteroatoms. The number of aromatic nitrogens is 4. The second-order valence-corrected chi connectivity index (χ2v) is 5.38. The van der Waals surface area contributed by atoms with Gasteiger partial charge in [-0.25, -0.2) is 9.97 Å². The van der Waals surface area contributed by atoms with Crippen molar-refractivity contribution in [2.45, 2.75) is 6.04 Å². The van der Waals surface area contributed by atoms with Crippen molar-refractivity contribution in [2.24, 2.45) is 0 Å². The van der Waals surface area contributed by atoms with Crippen LogP contribution in [0.5, 0.6) is 0 Å². The minimum Gasteiger partial charge on any atom is -0.352 e. The standard InChI is InChI=1S/C13H12ClN5S/c14-11-6-15-13(16-7-11)17-8-12(10-2-5-20-9-10)19-4-1-3-18-19/h1-7,9,12H,8H2,(H,15,16,17). The van der Waals surface area contributed by atoms with E-state index in [0.29, 0.717) is 17.5 Å². The van der Waals surface area contributed by atoms with Crippen molar-refractivity contribution in [3.63, 3.8) is 0 Å². The summed E-state index contributed by atoms with van der Waals surface area (Å²) in [6.07, 6.45) is 6.87. The first kappa shape index (κ1) is 13.1. The molecule has 0 saturated heterocycles. The average Bonchev–Trinajstić information content (AvgIpc) is 3.14. The predicted octanol–water partition coefficient (Wildman–Crippen LogP) is 3.09. The Labute approximate surface area is 125 Å². The van der Waals surface area contributed by atoms with E-state index in [1.54, 1.807) is 29.9 Å². The van der Waals surface area contributed by atoms with E-state index in [9.17, 15) is 0 Å². The van der Waals surface area contributed by atoms with E-state index < -0.39 is 0 Å². The minimum absolute atomic E-state index is 0.107. The molecule has 0 aliphatic rings. The van der Waals surface area contributed by atoms with Gasteiger partial charge < -0.3 is 5.32 Å². The fourth-order valence-corrected chi connectivity index (χ4v) is 2.69. The highest BCUT2D eigenvalue weighted by Gasteiger charge is 2.14. The van der Waals surface area contributed by atoms with Crippen LogP contribution in [0.2, 0.25) is 5.02 Å². The highest BCUT2D eigenvalue weighted by atomic mass is 35.5. The SMILES string of the molecule is Clc1cnc(NCC(c2ccsc2)n2cccn2)nc1. The largest absolute Gasteiger partial charge is 0.352 e. The summed E-state index contributed by atoms with van der Waals surface area (Å²) >= 11 is 7.44.